The molecule has 248 valence electrons. The second-order valence-electron chi connectivity index (χ2n) is 15.2. The predicted molar refractivity (Wildman–Crippen MR) is 160 cm³/mol. The summed E-state index contributed by atoms with van der Waals surface area (Å²) in [5.74, 6) is -0.618. The highest BCUT2D eigenvalue weighted by Crippen LogP contribution is 2.80. The molecule has 45 heavy (non-hydrogen) atoms. The van der Waals surface area contributed by atoms with E-state index in [1.807, 2.05) is 6.07 Å². The predicted octanol–water partition coefficient (Wildman–Crippen LogP) is 3.20. The Hall–Kier alpha value is -2.18. The topological polar surface area (TPSA) is 129 Å². The summed E-state index contributed by atoms with van der Waals surface area (Å²) in [5.41, 5.74) is -2.31. The number of ether oxygens (including phenoxy) is 5. The number of nitrogens with zero attached hydrogens (tertiary/aromatic N) is 1. The first-order valence-electron chi connectivity index (χ1n) is 16.3. The normalized spacial score (nSPS) is 46.1. The number of rotatable bonds is 5. The second kappa shape index (κ2) is 10.4. The fourth-order valence-electron chi connectivity index (χ4n) is 11.2. The van der Waals surface area contributed by atoms with Crippen molar-refractivity contribution in [3.05, 3.63) is 24.2 Å². The lowest BCUT2D eigenvalue weighted by atomic mass is 9.36. The lowest BCUT2D eigenvalue weighted by Gasteiger charge is -2.68. The van der Waals surface area contributed by atoms with Crippen LogP contribution < -0.4 is 5.32 Å². The molecule has 1 amide bonds. The number of hydrogen-bond acceptors (Lipinski definition) is 10. The number of esters is 2. The highest BCUT2D eigenvalue weighted by molar-refractivity contribution is 5.85. The average molecular weight is 649 g/mol. The number of cyclic esters (lactones) is 2. The molecule has 12 heteroatoms. The molecule has 2 aliphatic carbocycles. The van der Waals surface area contributed by atoms with Gasteiger partial charge in [0.2, 0.25) is 5.91 Å². The monoisotopic (exact) mass is 648 g/mol. The molecule has 1 N–H and O–H groups in total. The first-order valence-corrected chi connectivity index (χ1v) is 16.3. The molecule has 2 spiro atoms. The highest BCUT2D eigenvalue weighted by atomic mass is 35.5. The zero-order valence-electron chi connectivity index (χ0n) is 26.5. The lowest BCUT2D eigenvalue weighted by molar-refractivity contribution is -0.240. The van der Waals surface area contributed by atoms with Crippen LogP contribution in [0.25, 0.3) is 0 Å². The van der Waals surface area contributed by atoms with Gasteiger partial charge in [0.25, 0.3) is 0 Å². The van der Waals surface area contributed by atoms with Crippen molar-refractivity contribution in [3.8, 4) is 0 Å². The molecule has 5 saturated heterocycles. The summed E-state index contributed by atoms with van der Waals surface area (Å²) in [6.45, 7) is 12.6. The molecular weight excluding hydrogens is 604 g/mol. The van der Waals surface area contributed by atoms with Gasteiger partial charge in [0.1, 0.15) is 18.3 Å². The molecule has 5 aliphatic heterocycles. The van der Waals surface area contributed by atoms with Gasteiger partial charge in [-0.3, -0.25) is 14.5 Å². The molecule has 0 bridgehead atoms. The van der Waals surface area contributed by atoms with Crippen LogP contribution in [0.2, 0.25) is 0 Å². The van der Waals surface area contributed by atoms with Gasteiger partial charge in [-0.2, -0.15) is 0 Å². The van der Waals surface area contributed by atoms with Crippen LogP contribution in [0.4, 0.5) is 0 Å². The number of hydrogen-bond donors (Lipinski definition) is 1. The lowest BCUT2D eigenvalue weighted by Crippen LogP contribution is -2.76. The first-order chi connectivity index (χ1) is 21.0. The first kappa shape index (κ1) is 31.4. The summed E-state index contributed by atoms with van der Waals surface area (Å²) in [5, 5.41) is 3.51. The molecule has 2 saturated carbocycles. The Morgan fingerprint density at radius 2 is 1.84 bits per heavy atom. The van der Waals surface area contributed by atoms with Gasteiger partial charge >= 0.3 is 11.9 Å². The van der Waals surface area contributed by atoms with E-state index in [4.69, 9.17) is 28.1 Å². The molecule has 0 unspecified atom stereocenters. The molecule has 1 aromatic rings. The summed E-state index contributed by atoms with van der Waals surface area (Å²) in [6, 6.07) is 1.57. The quantitative estimate of drug-likeness (QED) is 0.375. The molecule has 11 nitrogen and oxygen atoms in total. The minimum absolute atomic E-state index is 0. The van der Waals surface area contributed by atoms with E-state index >= 15 is 0 Å². The fraction of sp³-hybridized carbons (Fsp3) is 0.788. The van der Waals surface area contributed by atoms with E-state index in [2.05, 4.69) is 37.9 Å². The number of nitrogens with one attached hydrogen (secondary N) is 1. The van der Waals surface area contributed by atoms with Crippen LogP contribution in [0.1, 0.15) is 71.5 Å². The van der Waals surface area contributed by atoms with E-state index in [0.717, 1.165) is 31.5 Å². The zero-order valence-corrected chi connectivity index (χ0v) is 27.3. The molecule has 0 radical (unpaired) electrons. The Morgan fingerprint density at radius 3 is 2.58 bits per heavy atom. The molecule has 0 aromatic carbocycles. The zero-order chi connectivity index (χ0) is 30.7. The molecular formula is C33H45ClN2O9. The number of morpholine rings is 1. The minimum atomic E-state index is -0.888. The number of fused-ring (bicyclic) bond motifs is 1. The van der Waals surface area contributed by atoms with Gasteiger partial charge in [0.05, 0.1) is 43.9 Å². The number of carbonyl (C=O) groups excluding carboxylic acids is 3. The Balaban J connectivity index is 0.00000325. The Bertz CT molecular complexity index is 1370. The summed E-state index contributed by atoms with van der Waals surface area (Å²) in [4.78, 5) is 42.4. The molecule has 10 atom stereocenters. The van der Waals surface area contributed by atoms with Gasteiger partial charge in [-0.15, -0.1) is 12.4 Å². The second-order valence-corrected chi connectivity index (χ2v) is 15.2. The van der Waals surface area contributed by atoms with Gasteiger partial charge in [-0.25, -0.2) is 4.79 Å². The Labute approximate surface area is 269 Å². The summed E-state index contributed by atoms with van der Waals surface area (Å²) < 4.78 is 36.4. The van der Waals surface area contributed by atoms with Crippen LogP contribution in [0.5, 0.6) is 0 Å². The standard InChI is InChI=1S/C33H44N2O9.ClH/c1-29(2)21-15-22(34-24(36)6-9-35-10-13-39-14-11-35)31(4)20(32(21)18-41-25(37)16-23(32)43-29)5-8-30(3)26(19-7-12-40-17-19)42-28(38)27-33(30,31)44-27;/h7,12,17,20-23,26-27H,5-6,8-11,13-16,18H2,1-4H3,(H,34,36);1H/t20-,21-,22-,23-,26-,27+,30-,31-,32+,33+;/m0./s1. The summed E-state index contributed by atoms with van der Waals surface area (Å²) in [6.07, 6.45) is 4.42. The minimum Gasteiger partial charge on any atom is -0.472 e. The number of furan rings is 1. The molecule has 8 rings (SSSR count). The van der Waals surface area contributed by atoms with Crippen molar-refractivity contribution in [2.75, 3.05) is 39.5 Å². The maximum absolute atomic E-state index is 13.8. The summed E-state index contributed by atoms with van der Waals surface area (Å²) >= 11 is 0. The largest absolute Gasteiger partial charge is 0.472 e. The molecule has 7 aliphatic rings. The van der Waals surface area contributed by atoms with Crippen LogP contribution in [0, 0.1) is 28.1 Å². The van der Waals surface area contributed by atoms with Crippen LogP contribution in [0.15, 0.2) is 23.0 Å². The number of halogens is 1. The van der Waals surface area contributed by atoms with Crippen molar-refractivity contribution >= 4 is 30.3 Å². The van der Waals surface area contributed by atoms with E-state index < -0.39 is 39.7 Å². The van der Waals surface area contributed by atoms with E-state index in [0.29, 0.717) is 32.6 Å². The van der Waals surface area contributed by atoms with Crippen molar-refractivity contribution in [2.45, 2.75) is 95.4 Å². The van der Waals surface area contributed by atoms with Crippen molar-refractivity contribution < 1.29 is 42.5 Å². The third-order valence-corrected chi connectivity index (χ3v) is 13.1. The van der Waals surface area contributed by atoms with Crippen molar-refractivity contribution in [1.29, 1.82) is 0 Å². The number of amides is 1. The van der Waals surface area contributed by atoms with E-state index in [9.17, 15) is 14.4 Å². The van der Waals surface area contributed by atoms with Crippen LogP contribution >= 0.6 is 12.4 Å². The van der Waals surface area contributed by atoms with E-state index in [1.165, 1.54) is 0 Å². The van der Waals surface area contributed by atoms with Crippen molar-refractivity contribution in [1.82, 2.24) is 10.2 Å². The maximum Gasteiger partial charge on any atom is 0.339 e. The highest BCUT2D eigenvalue weighted by Gasteiger charge is 2.89. The van der Waals surface area contributed by atoms with Crippen LogP contribution in [-0.2, 0) is 38.1 Å². The smallest absolute Gasteiger partial charge is 0.339 e. The maximum atomic E-state index is 13.8. The van der Waals surface area contributed by atoms with Gasteiger partial charge < -0.3 is 33.4 Å². The molecule has 7 fully saturated rings. The van der Waals surface area contributed by atoms with Gasteiger partial charge in [-0.05, 0) is 45.1 Å². The average Bonchev–Trinajstić information content (AvgIpc) is 3.48. The third kappa shape index (κ3) is 4.06. The van der Waals surface area contributed by atoms with Crippen LogP contribution in [-0.4, -0.2) is 91.7 Å². The number of carbonyl (C=O) groups is 3. The Kier molecular flexibility index (Phi) is 7.27. The fourth-order valence-corrected chi connectivity index (χ4v) is 11.2. The molecule has 6 heterocycles. The van der Waals surface area contributed by atoms with Crippen LogP contribution in [0.3, 0.4) is 0 Å². The van der Waals surface area contributed by atoms with E-state index in [1.54, 1.807) is 12.5 Å². The van der Waals surface area contributed by atoms with Gasteiger partial charge in [0.15, 0.2) is 6.10 Å². The Morgan fingerprint density at radius 1 is 1.07 bits per heavy atom. The SMILES string of the molecule is CC1(C)O[C@H]2CC(=O)OC[C@]23[C@H]2CC[C@@]4(C)[C@H](c5ccoc5)OC(=O)[C@H]5O[C@]54[C@]2(C)[C@@H](NC(=O)CCN2CCOCC2)C[C@@H]13.Cl. The van der Waals surface area contributed by atoms with Crippen molar-refractivity contribution in [3.63, 3.8) is 0 Å². The van der Waals surface area contributed by atoms with Crippen molar-refractivity contribution in [2.24, 2.45) is 28.1 Å². The van der Waals surface area contributed by atoms with E-state index in [-0.39, 0.29) is 67.3 Å². The van der Waals surface area contributed by atoms with Gasteiger partial charge in [-0.1, -0.05) is 13.8 Å². The molecule has 1 aromatic heterocycles. The number of epoxide rings is 1. The van der Waals surface area contributed by atoms with Gasteiger partial charge in [0, 0.05) is 59.8 Å². The third-order valence-electron chi connectivity index (χ3n) is 13.1. The summed E-state index contributed by atoms with van der Waals surface area (Å²) in [7, 11) is 0.